The van der Waals surface area contributed by atoms with Gasteiger partial charge in [0.05, 0.1) is 13.7 Å². The molecule has 7 heteroatoms. The quantitative estimate of drug-likeness (QED) is 0.734. The molecule has 0 aliphatic carbocycles. The zero-order valence-electron chi connectivity index (χ0n) is 14.4. The summed E-state index contributed by atoms with van der Waals surface area (Å²) in [5.41, 5.74) is -1.37. The molecule has 2 rings (SSSR count). The van der Waals surface area contributed by atoms with Crippen LogP contribution in [0.25, 0.3) is 0 Å². The largest absolute Gasteiger partial charge is 0.477 e. The Bertz CT molecular complexity index is 746. The molecule has 0 radical (unpaired) electrons. The number of rotatable bonds is 7. The van der Waals surface area contributed by atoms with Crippen molar-refractivity contribution < 1.29 is 28.6 Å². The third-order valence-electron chi connectivity index (χ3n) is 3.78. The molecular formula is C19H20FNO5. The summed E-state index contributed by atoms with van der Waals surface area (Å²) in [6.45, 7) is 1.12. The van der Waals surface area contributed by atoms with Gasteiger partial charge in [0.1, 0.15) is 11.6 Å². The minimum atomic E-state index is -1.78. The highest BCUT2D eigenvalue weighted by Crippen LogP contribution is 2.20. The standard InChI is InChI=1S/C19H20FNO5/c1-19(24,13-6-4-3-5-7-13)18(23)21-12-16(17(22)25-2)26-15-10-8-14(20)9-11-15/h3-11,16,24H,12H2,1-2H3,(H,21,23). The minimum Gasteiger partial charge on any atom is -0.477 e. The summed E-state index contributed by atoms with van der Waals surface area (Å²) in [6, 6.07) is 13.5. The molecule has 0 heterocycles. The summed E-state index contributed by atoms with van der Waals surface area (Å²) in [4.78, 5) is 24.2. The Morgan fingerprint density at radius 3 is 2.35 bits per heavy atom. The van der Waals surface area contributed by atoms with E-state index in [0.29, 0.717) is 5.56 Å². The Balaban J connectivity index is 2.05. The zero-order valence-corrected chi connectivity index (χ0v) is 14.4. The Morgan fingerprint density at radius 2 is 1.77 bits per heavy atom. The van der Waals surface area contributed by atoms with E-state index in [0.717, 1.165) is 0 Å². The number of benzene rings is 2. The first-order valence-corrected chi connectivity index (χ1v) is 7.91. The van der Waals surface area contributed by atoms with Crippen molar-refractivity contribution in [3.63, 3.8) is 0 Å². The van der Waals surface area contributed by atoms with Crippen molar-refractivity contribution in [1.82, 2.24) is 5.32 Å². The summed E-state index contributed by atoms with van der Waals surface area (Å²) in [7, 11) is 1.19. The third-order valence-corrected chi connectivity index (χ3v) is 3.78. The minimum absolute atomic E-state index is 0.230. The van der Waals surface area contributed by atoms with Crippen molar-refractivity contribution in [1.29, 1.82) is 0 Å². The van der Waals surface area contributed by atoms with Crippen LogP contribution in [0.15, 0.2) is 54.6 Å². The molecule has 0 saturated carbocycles. The Labute approximate surface area is 150 Å². The van der Waals surface area contributed by atoms with E-state index < -0.39 is 29.4 Å². The first-order valence-electron chi connectivity index (χ1n) is 7.91. The number of amides is 1. The summed E-state index contributed by atoms with van der Waals surface area (Å²) in [6.07, 6.45) is -1.15. The highest BCUT2D eigenvalue weighted by Gasteiger charge is 2.33. The molecule has 2 aromatic carbocycles. The molecule has 0 fully saturated rings. The summed E-state index contributed by atoms with van der Waals surface area (Å²) in [5.74, 6) is -1.61. The van der Waals surface area contributed by atoms with Gasteiger partial charge in [0.2, 0.25) is 6.10 Å². The van der Waals surface area contributed by atoms with Crippen molar-refractivity contribution in [2.24, 2.45) is 0 Å². The highest BCUT2D eigenvalue weighted by molar-refractivity contribution is 5.86. The number of methoxy groups -OCH3 is 1. The van der Waals surface area contributed by atoms with E-state index in [2.05, 4.69) is 10.1 Å². The van der Waals surface area contributed by atoms with Crippen LogP contribution in [0, 0.1) is 5.82 Å². The average molecular weight is 361 g/mol. The first-order chi connectivity index (χ1) is 12.3. The Kier molecular flexibility index (Phi) is 6.30. The van der Waals surface area contributed by atoms with Crippen molar-refractivity contribution in [2.75, 3.05) is 13.7 Å². The van der Waals surface area contributed by atoms with Crippen LogP contribution in [0.1, 0.15) is 12.5 Å². The molecule has 2 unspecified atom stereocenters. The number of esters is 1. The zero-order chi connectivity index (χ0) is 19.2. The molecule has 0 spiro atoms. The van der Waals surface area contributed by atoms with Crippen LogP contribution in [0.2, 0.25) is 0 Å². The molecule has 0 aliphatic heterocycles. The molecule has 0 aliphatic rings. The number of carbonyl (C=O) groups excluding carboxylic acids is 2. The molecule has 0 aromatic heterocycles. The van der Waals surface area contributed by atoms with Crippen molar-refractivity contribution in [3.8, 4) is 5.75 Å². The lowest BCUT2D eigenvalue weighted by atomic mass is 9.95. The Hall–Kier alpha value is -2.93. The van der Waals surface area contributed by atoms with Crippen LogP contribution in [0.5, 0.6) is 5.75 Å². The van der Waals surface area contributed by atoms with Gasteiger partial charge in [0.15, 0.2) is 5.60 Å². The van der Waals surface area contributed by atoms with Gasteiger partial charge >= 0.3 is 5.97 Å². The van der Waals surface area contributed by atoms with Crippen LogP contribution in [0.4, 0.5) is 4.39 Å². The normalized spacial score (nSPS) is 14.0. The van der Waals surface area contributed by atoms with E-state index in [1.54, 1.807) is 30.3 Å². The van der Waals surface area contributed by atoms with E-state index in [9.17, 15) is 19.1 Å². The second-order valence-electron chi connectivity index (χ2n) is 5.73. The average Bonchev–Trinajstić information content (AvgIpc) is 2.66. The van der Waals surface area contributed by atoms with Gasteiger partial charge in [0, 0.05) is 0 Å². The molecule has 138 valence electrons. The predicted octanol–water partition coefficient (Wildman–Crippen LogP) is 1.77. The van der Waals surface area contributed by atoms with Crippen LogP contribution in [0.3, 0.4) is 0 Å². The van der Waals surface area contributed by atoms with Crippen LogP contribution in [-0.4, -0.2) is 36.7 Å². The summed E-state index contributed by atoms with van der Waals surface area (Å²) < 4.78 is 23.1. The monoisotopic (exact) mass is 361 g/mol. The molecular weight excluding hydrogens is 341 g/mol. The maximum absolute atomic E-state index is 13.0. The molecule has 1 amide bonds. The molecule has 0 saturated heterocycles. The first kappa shape index (κ1) is 19.4. The van der Waals surface area contributed by atoms with Crippen LogP contribution >= 0.6 is 0 Å². The topological polar surface area (TPSA) is 84.9 Å². The maximum atomic E-state index is 13.0. The smallest absolute Gasteiger partial charge is 0.348 e. The predicted molar refractivity (Wildman–Crippen MR) is 91.9 cm³/mol. The third kappa shape index (κ3) is 4.80. The van der Waals surface area contributed by atoms with Crippen molar-refractivity contribution in [3.05, 3.63) is 66.0 Å². The molecule has 0 bridgehead atoms. The van der Waals surface area contributed by atoms with Crippen LogP contribution < -0.4 is 10.1 Å². The van der Waals surface area contributed by atoms with Gasteiger partial charge in [-0.25, -0.2) is 9.18 Å². The van der Waals surface area contributed by atoms with E-state index in [-0.39, 0.29) is 12.3 Å². The molecule has 26 heavy (non-hydrogen) atoms. The number of nitrogens with one attached hydrogen (secondary N) is 1. The number of halogens is 1. The van der Waals surface area contributed by atoms with E-state index >= 15 is 0 Å². The van der Waals surface area contributed by atoms with Gasteiger partial charge in [-0.15, -0.1) is 0 Å². The number of hydrogen-bond acceptors (Lipinski definition) is 5. The fourth-order valence-corrected chi connectivity index (χ4v) is 2.23. The van der Waals surface area contributed by atoms with Gasteiger partial charge in [0.25, 0.3) is 5.91 Å². The van der Waals surface area contributed by atoms with Gasteiger partial charge in [-0.05, 0) is 36.8 Å². The summed E-state index contributed by atoms with van der Waals surface area (Å²) in [5, 5.41) is 13.0. The second-order valence-corrected chi connectivity index (χ2v) is 5.73. The van der Waals surface area contributed by atoms with E-state index in [4.69, 9.17) is 4.74 Å². The second kappa shape index (κ2) is 8.44. The molecule has 2 aromatic rings. The van der Waals surface area contributed by atoms with Crippen molar-refractivity contribution >= 4 is 11.9 Å². The number of ether oxygens (including phenoxy) is 2. The molecule has 2 N–H and O–H groups in total. The lowest BCUT2D eigenvalue weighted by Gasteiger charge is -2.24. The number of aliphatic hydroxyl groups is 1. The molecule has 6 nitrogen and oxygen atoms in total. The van der Waals surface area contributed by atoms with Gasteiger partial charge < -0.3 is 19.9 Å². The van der Waals surface area contributed by atoms with Crippen molar-refractivity contribution in [2.45, 2.75) is 18.6 Å². The summed E-state index contributed by atoms with van der Waals surface area (Å²) >= 11 is 0. The lowest BCUT2D eigenvalue weighted by Crippen LogP contribution is -2.47. The fourth-order valence-electron chi connectivity index (χ4n) is 2.23. The van der Waals surface area contributed by atoms with E-state index in [1.165, 1.54) is 38.3 Å². The molecule has 2 atom stereocenters. The van der Waals surface area contributed by atoms with Gasteiger partial charge in [-0.3, -0.25) is 4.79 Å². The fraction of sp³-hybridized carbons (Fsp3) is 0.263. The van der Waals surface area contributed by atoms with Gasteiger partial charge in [-0.2, -0.15) is 0 Å². The van der Waals surface area contributed by atoms with Gasteiger partial charge in [-0.1, -0.05) is 30.3 Å². The van der Waals surface area contributed by atoms with Crippen LogP contribution in [-0.2, 0) is 19.9 Å². The van der Waals surface area contributed by atoms with E-state index in [1.807, 2.05) is 0 Å². The maximum Gasteiger partial charge on any atom is 0.348 e. The highest BCUT2D eigenvalue weighted by atomic mass is 19.1. The SMILES string of the molecule is COC(=O)C(CNC(=O)C(C)(O)c1ccccc1)Oc1ccc(F)cc1. The lowest BCUT2D eigenvalue weighted by molar-refractivity contribution is -0.149. The Morgan fingerprint density at radius 1 is 1.15 bits per heavy atom. The number of hydrogen-bond donors (Lipinski definition) is 2. The number of carbonyl (C=O) groups is 2.